The highest BCUT2D eigenvalue weighted by molar-refractivity contribution is 7.89. The van der Waals surface area contributed by atoms with Crippen molar-refractivity contribution in [3.63, 3.8) is 0 Å². The van der Waals surface area contributed by atoms with E-state index >= 15 is 0 Å². The Bertz CT molecular complexity index is 1250. The van der Waals surface area contributed by atoms with Gasteiger partial charge in [0.1, 0.15) is 0 Å². The molecule has 7 heteroatoms. The molecular weight excluding hydrogens is 446 g/mol. The number of hydrogen-bond donors (Lipinski definition) is 0. The molecule has 0 aromatic heterocycles. The number of benzene rings is 3. The summed E-state index contributed by atoms with van der Waals surface area (Å²) in [6, 6.07) is 22.5. The Morgan fingerprint density at radius 2 is 1.50 bits per heavy atom. The van der Waals surface area contributed by atoms with Crippen LogP contribution < -0.4 is 4.90 Å². The standard InChI is InChI=1S/C27H31N3O3S/c1-21-16-22(2)18-25(17-21)28(3)27(31)24-10-7-11-26(19-24)34(32,33)30-14-12-29(13-15-30)20-23-8-5-4-6-9-23/h4-11,16-19H,12-15,20H2,1-3H3. The molecule has 1 amide bonds. The Hall–Kier alpha value is -3.00. The molecule has 0 unspecified atom stereocenters. The smallest absolute Gasteiger partial charge is 0.258 e. The van der Waals surface area contributed by atoms with Gasteiger partial charge in [-0.15, -0.1) is 0 Å². The van der Waals surface area contributed by atoms with Crippen LogP contribution in [0.25, 0.3) is 0 Å². The average Bonchev–Trinajstić information content (AvgIpc) is 2.83. The van der Waals surface area contributed by atoms with Crippen molar-refractivity contribution in [2.24, 2.45) is 0 Å². The van der Waals surface area contributed by atoms with Crippen LogP contribution in [-0.2, 0) is 16.6 Å². The first-order valence-electron chi connectivity index (χ1n) is 11.5. The summed E-state index contributed by atoms with van der Waals surface area (Å²) >= 11 is 0. The van der Waals surface area contributed by atoms with Gasteiger partial charge in [0.2, 0.25) is 10.0 Å². The van der Waals surface area contributed by atoms with Gasteiger partial charge < -0.3 is 4.90 Å². The molecule has 3 aromatic rings. The first-order chi connectivity index (χ1) is 16.2. The van der Waals surface area contributed by atoms with E-state index in [2.05, 4.69) is 23.1 Å². The molecule has 178 valence electrons. The predicted molar refractivity (Wildman–Crippen MR) is 136 cm³/mol. The SMILES string of the molecule is Cc1cc(C)cc(N(C)C(=O)c2cccc(S(=O)(=O)N3CCN(Cc4ccccc4)CC3)c2)c1. The van der Waals surface area contributed by atoms with Crippen molar-refractivity contribution in [3.05, 3.63) is 95.1 Å². The number of sulfonamides is 1. The second-order valence-corrected chi connectivity index (χ2v) is 10.8. The number of anilines is 1. The van der Waals surface area contributed by atoms with Crippen LogP contribution in [0.2, 0.25) is 0 Å². The summed E-state index contributed by atoms with van der Waals surface area (Å²) in [5, 5.41) is 0. The van der Waals surface area contributed by atoms with Gasteiger partial charge >= 0.3 is 0 Å². The first kappa shape index (κ1) is 24.1. The third-order valence-electron chi connectivity index (χ3n) is 6.20. The zero-order valence-electron chi connectivity index (χ0n) is 19.9. The maximum atomic E-state index is 13.3. The van der Waals surface area contributed by atoms with Crippen LogP contribution in [0, 0.1) is 13.8 Å². The molecular formula is C27H31N3O3S. The summed E-state index contributed by atoms with van der Waals surface area (Å²) in [5.74, 6) is -0.241. The molecule has 0 N–H and O–H groups in total. The monoisotopic (exact) mass is 477 g/mol. The van der Waals surface area contributed by atoms with Crippen molar-refractivity contribution < 1.29 is 13.2 Å². The number of nitrogens with zero attached hydrogens (tertiary/aromatic N) is 3. The largest absolute Gasteiger partial charge is 0.311 e. The predicted octanol–water partition coefficient (Wildman–Crippen LogP) is 4.09. The molecule has 1 heterocycles. The van der Waals surface area contributed by atoms with Crippen LogP contribution >= 0.6 is 0 Å². The molecule has 0 atom stereocenters. The van der Waals surface area contributed by atoms with Crippen molar-refractivity contribution in [3.8, 4) is 0 Å². The maximum absolute atomic E-state index is 13.3. The second kappa shape index (κ2) is 10.1. The van der Waals surface area contributed by atoms with E-state index in [4.69, 9.17) is 0 Å². The van der Waals surface area contributed by atoms with Gasteiger partial charge in [-0.25, -0.2) is 8.42 Å². The minimum atomic E-state index is -3.68. The number of piperazine rings is 1. The lowest BCUT2D eigenvalue weighted by atomic mass is 10.1. The molecule has 0 saturated carbocycles. The van der Waals surface area contributed by atoms with Gasteiger partial charge in [-0.2, -0.15) is 4.31 Å². The van der Waals surface area contributed by atoms with Gasteiger partial charge in [0.25, 0.3) is 5.91 Å². The minimum Gasteiger partial charge on any atom is -0.311 e. The highest BCUT2D eigenvalue weighted by Gasteiger charge is 2.29. The molecule has 34 heavy (non-hydrogen) atoms. The molecule has 0 aliphatic carbocycles. The average molecular weight is 478 g/mol. The highest BCUT2D eigenvalue weighted by Crippen LogP contribution is 2.23. The van der Waals surface area contributed by atoms with Gasteiger partial charge in [0.05, 0.1) is 4.90 Å². The van der Waals surface area contributed by atoms with Gasteiger partial charge in [-0.1, -0.05) is 42.5 Å². The lowest BCUT2D eigenvalue weighted by Gasteiger charge is -2.34. The van der Waals surface area contributed by atoms with E-state index in [1.165, 1.54) is 15.9 Å². The molecule has 4 rings (SSSR count). The van der Waals surface area contributed by atoms with E-state index in [0.29, 0.717) is 31.7 Å². The lowest BCUT2D eigenvalue weighted by Crippen LogP contribution is -2.48. The lowest BCUT2D eigenvalue weighted by molar-refractivity contribution is 0.0993. The van der Waals surface area contributed by atoms with Crippen molar-refractivity contribution in [1.82, 2.24) is 9.21 Å². The van der Waals surface area contributed by atoms with Crippen LogP contribution in [0.1, 0.15) is 27.0 Å². The van der Waals surface area contributed by atoms with E-state index in [9.17, 15) is 13.2 Å². The number of hydrogen-bond acceptors (Lipinski definition) is 4. The fourth-order valence-electron chi connectivity index (χ4n) is 4.36. The Balaban J connectivity index is 1.46. The third-order valence-corrected chi connectivity index (χ3v) is 8.09. The van der Waals surface area contributed by atoms with E-state index < -0.39 is 10.0 Å². The Labute approximate surface area is 202 Å². The Morgan fingerprint density at radius 1 is 0.853 bits per heavy atom. The molecule has 6 nitrogen and oxygen atoms in total. The van der Waals surface area contributed by atoms with Crippen molar-refractivity contribution in [2.45, 2.75) is 25.3 Å². The van der Waals surface area contributed by atoms with E-state index in [0.717, 1.165) is 23.4 Å². The van der Waals surface area contributed by atoms with Crippen LogP contribution in [0.4, 0.5) is 5.69 Å². The summed E-state index contributed by atoms with van der Waals surface area (Å²) in [4.78, 5) is 17.1. The van der Waals surface area contributed by atoms with E-state index in [1.807, 2.05) is 44.2 Å². The van der Waals surface area contributed by atoms with Gasteiger partial charge in [-0.3, -0.25) is 9.69 Å². The molecule has 1 aliphatic rings. The van der Waals surface area contributed by atoms with Crippen LogP contribution in [0.5, 0.6) is 0 Å². The first-order valence-corrected chi connectivity index (χ1v) is 12.9. The number of rotatable bonds is 6. The molecule has 0 bridgehead atoms. The Morgan fingerprint density at radius 3 is 2.15 bits per heavy atom. The van der Waals surface area contributed by atoms with Crippen molar-refractivity contribution >= 4 is 21.6 Å². The third kappa shape index (κ3) is 5.38. The van der Waals surface area contributed by atoms with E-state index in [-0.39, 0.29) is 10.8 Å². The van der Waals surface area contributed by atoms with Crippen molar-refractivity contribution in [2.75, 3.05) is 38.1 Å². The van der Waals surface area contributed by atoms with Crippen LogP contribution in [0.15, 0.2) is 77.7 Å². The molecule has 0 spiro atoms. The fourth-order valence-corrected chi connectivity index (χ4v) is 5.83. The normalized spacial score (nSPS) is 15.3. The van der Waals surface area contributed by atoms with Gasteiger partial charge in [0, 0.05) is 51.0 Å². The quantitative estimate of drug-likeness (QED) is 0.537. The molecule has 3 aromatic carbocycles. The zero-order chi connectivity index (χ0) is 24.3. The topological polar surface area (TPSA) is 60.9 Å². The Kier molecular flexibility index (Phi) is 7.16. The minimum absolute atomic E-state index is 0.156. The number of aryl methyl sites for hydroxylation is 2. The summed E-state index contributed by atoms with van der Waals surface area (Å²) in [6.07, 6.45) is 0. The molecule has 0 radical (unpaired) electrons. The van der Waals surface area contributed by atoms with Crippen molar-refractivity contribution in [1.29, 1.82) is 0 Å². The maximum Gasteiger partial charge on any atom is 0.258 e. The molecule has 1 aliphatic heterocycles. The fraction of sp³-hybridized carbons (Fsp3) is 0.296. The molecule has 1 saturated heterocycles. The zero-order valence-corrected chi connectivity index (χ0v) is 20.8. The number of carbonyl (C=O) groups is 1. The summed E-state index contributed by atoms with van der Waals surface area (Å²) < 4.78 is 28.2. The summed E-state index contributed by atoms with van der Waals surface area (Å²) in [7, 11) is -1.97. The highest BCUT2D eigenvalue weighted by atomic mass is 32.2. The summed E-state index contributed by atoms with van der Waals surface area (Å²) in [5.41, 5.74) is 4.49. The number of carbonyl (C=O) groups excluding carboxylic acids is 1. The number of amides is 1. The van der Waals surface area contributed by atoms with E-state index in [1.54, 1.807) is 30.1 Å². The molecule has 1 fully saturated rings. The van der Waals surface area contributed by atoms with Gasteiger partial charge in [-0.05, 0) is 60.9 Å². The van der Waals surface area contributed by atoms with Crippen LogP contribution in [0.3, 0.4) is 0 Å². The summed E-state index contributed by atoms with van der Waals surface area (Å²) in [6.45, 7) is 6.97. The second-order valence-electron chi connectivity index (χ2n) is 8.90. The van der Waals surface area contributed by atoms with Gasteiger partial charge in [0.15, 0.2) is 0 Å². The van der Waals surface area contributed by atoms with Crippen LogP contribution in [-0.4, -0.2) is 56.8 Å².